The molecule has 3 heterocycles. The third kappa shape index (κ3) is 3.62. The maximum absolute atomic E-state index is 11.6. The molecule has 0 bridgehead atoms. The first-order chi connectivity index (χ1) is 16.0. The van der Waals surface area contributed by atoms with E-state index >= 15 is 0 Å². The lowest BCUT2D eigenvalue weighted by Crippen LogP contribution is -2.10. The molecule has 0 unspecified atom stereocenters. The summed E-state index contributed by atoms with van der Waals surface area (Å²) in [7, 11) is 0. The van der Waals surface area contributed by atoms with Crippen LogP contribution < -0.4 is 0 Å². The quantitative estimate of drug-likeness (QED) is 0.476. The minimum atomic E-state index is -0.940. The molecule has 2 aromatic carbocycles. The van der Waals surface area contributed by atoms with Crippen LogP contribution in [0.5, 0.6) is 0 Å². The lowest BCUT2D eigenvalue weighted by atomic mass is 9.97. The highest BCUT2D eigenvalue weighted by Crippen LogP contribution is 2.37. The van der Waals surface area contributed by atoms with Crippen molar-refractivity contribution in [2.24, 2.45) is 4.99 Å². The molecule has 7 nitrogen and oxygen atoms in total. The number of aliphatic carboxylic acids is 1. The highest BCUT2D eigenvalue weighted by Gasteiger charge is 2.31. The molecule has 1 aliphatic heterocycles. The van der Waals surface area contributed by atoms with Crippen LogP contribution in [0.1, 0.15) is 46.4 Å². The molecule has 162 valence electrons. The van der Waals surface area contributed by atoms with Gasteiger partial charge < -0.3 is 5.11 Å². The fourth-order valence-electron chi connectivity index (χ4n) is 4.12. The monoisotopic (exact) mass is 453 g/mol. The number of hydrogen-bond donors (Lipinski definition) is 1. The minimum absolute atomic E-state index is 0.172. The van der Waals surface area contributed by atoms with E-state index < -0.39 is 12.0 Å². The van der Waals surface area contributed by atoms with Crippen LogP contribution in [-0.4, -0.2) is 31.6 Å². The van der Waals surface area contributed by atoms with Crippen molar-refractivity contribution in [2.45, 2.75) is 26.3 Å². The fourth-order valence-corrected chi connectivity index (χ4v) is 5.23. The number of nitrogens with zero attached hydrogens (tertiary/aromatic N) is 5. The molecule has 4 aromatic rings. The van der Waals surface area contributed by atoms with Crippen LogP contribution in [0.4, 0.5) is 0 Å². The summed E-state index contributed by atoms with van der Waals surface area (Å²) in [6.45, 7) is 3.89. The number of carbonyl (C=O) groups is 1. The van der Waals surface area contributed by atoms with Gasteiger partial charge in [0.15, 0.2) is 5.82 Å². The predicted molar refractivity (Wildman–Crippen MR) is 126 cm³/mol. The topological polar surface area (TPSA) is 104 Å². The van der Waals surface area contributed by atoms with Gasteiger partial charge in [0.05, 0.1) is 23.8 Å². The van der Waals surface area contributed by atoms with Gasteiger partial charge in [-0.2, -0.15) is 5.26 Å². The zero-order valence-corrected chi connectivity index (χ0v) is 18.8. The number of carboxylic acids is 1. The Bertz CT molecular complexity index is 1460. The van der Waals surface area contributed by atoms with Crippen LogP contribution in [-0.2, 0) is 4.79 Å². The molecular weight excluding hydrogens is 434 g/mol. The Morgan fingerprint density at radius 3 is 2.61 bits per heavy atom. The Kier molecular flexibility index (Phi) is 5.11. The Labute approximate surface area is 194 Å². The first-order valence-electron chi connectivity index (χ1n) is 10.4. The fraction of sp³-hybridized carbons (Fsp3) is 0.160. The number of rotatable bonds is 4. The van der Waals surface area contributed by atoms with Crippen molar-refractivity contribution in [2.75, 3.05) is 0 Å². The van der Waals surface area contributed by atoms with E-state index in [0.717, 1.165) is 38.5 Å². The molecule has 0 spiro atoms. The molecule has 1 atom stereocenters. The van der Waals surface area contributed by atoms with Crippen molar-refractivity contribution in [3.05, 3.63) is 87.8 Å². The van der Waals surface area contributed by atoms with Gasteiger partial charge in [-0.25, -0.2) is 0 Å². The zero-order chi connectivity index (χ0) is 23.1. The number of hydrogen-bond acceptors (Lipinski definition) is 6. The van der Waals surface area contributed by atoms with E-state index in [9.17, 15) is 15.2 Å². The van der Waals surface area contributed by atoms with Crippen LogP contribution in [0.25, 0.3) is 16.1 Å². The van der Waals surface area contributed by atoms with Gasteiger partial charge in [-0.15, -0.1) is 21.5 Å². The molecule has 0 saturated carbocycles. The summed E-state index contributed by atoms with van der Waals surface area (Å²) < 4.78 is 1.93. The van der Waals surface area contributed by atoms with E-state index in [1.807, 2.05) is 60.9 Å². The van der Waals surface area contributed by atoms with Crippen LogP contribution in [0, 0.1) is 25.2 Å². The Hall–Kier alpha value is -4.09. The smallest absolute Gasteiger partial charge is 0.306 e. The zero-order valence-electron chi connectivity index (χ0n) is 18.0. The van der Waals surface area contributed by atoms with E-state index in [4.69, 9.17) is 4.99 Å². The number of thiophene rings is 1. The summed E-state index contributed by atoms with van der Waals surface area (Å²) >= 11 is 1.57. The second-order valence-electron chi connectivity index (χ2n) is 7.90. The summed E-state index contributed by atoms with van der Waals surface area (Å²) in [5.74, 6) is 0.301. The molecule has 0 amide bonds. The lowest BCUT2D eigenvalue weighted by Gasteiger charge is -2.11. The van der Waals surface area contributed by atoms with Crippen LogP contribution in [0.3, 0.4) is 0 Å². The average molecular weight is 454 g/mol. The standard InChI is InChI=1S/C25H19N5O2S/c1-14-13-33-25-22(14)23(27-20(11-21(31)32)24-29-28-15(2)30(24)25)18-8-6-17(7-9-18)19-5-3-4-16(10-19)12-26/h3-10,13,20H,11H2,1-2H3,(H,31,32)/t20-/m0/s1. The lowest BCUT2D eigenvalue weighted by molar-refractivity contribution is -0.137. The summed E-state index contributed by atoms with van der Waals surface area (Å²) in [5, 5.41) is 30.2. The molecule has 1 N–H and O–H groups in total. The third-order valence-electron chi connectivity index (χ3n) is 5.68. The molecule has 0 radical (unpaired) electrons. The van der Waals surface area contributed by atoms with Gasteiger partial charge in [0.2, 0.25) is 0 Å². The minimum Gasteiger partial charge on any atom is -0.481 e. The molecule has 1 aliphatic rings. The van der Waals surface area contributed by atoms with Gasteiger partial charge >= 0.3 is 5.97 Å². The van der Waals surface area contributed by atoms with Gasteiger partial charge in [0.25, 0.3) is 0 Å². The molecule has 8 heteroatoms. The maximum Gasteiger partial charge on any atom is 0.306 e. The van der Waals surface area contributed by atoms with Gasteiger partial charge in [0, 0.05) is 11.1 Å². The van der Waals surface area contributed by atoms with Crippen molar-refractivity contribution in [1.82, 2.24) is 14.8 Å². The summed E-state index contributed by atoms with van der Waals surface area (Å²) in [5.41, 5.74) is 6.23. The number of aliphatic imine (C=N–C) groups is 1. The largest absolute Gasteiger partial charge is 0.481 e. The maximum atomic E-state index is 11.6. The van der Waals surface area contributed by atoms with Crippen molar-refractivity contribution in [3.8, 4) is 22.2 Å². The van der Waals surface area contributed by atoms with E-state index in [-0.39, 0.29) is 6.42 Å². The first-order valence-corrected chi connectivity index (χ1v) is 11.3. The Balaban J connectivity index is 1.65. The first kappa shape index (κ1) is 20.8. The van der Waals surface area contributed by atoms with Gasteiger partial charge in [-0.05, 0) is 48.1 Å². The van der Waals surface area contributed by atoms with Crippen molar-refractivity contribution in [1.29, 1.82) is 5.26 Å². The SMILES string of the molecule is Cc1csc2c1C(c1ccc(-c3cccc(C#N)c3)cc1)=N[C@@H](CC(=O)O)c1nnc(C)n1-2. The molecule has 2 aromatic heterocycles. The predicted octanol–water partition coefficient (Wildman–Crippen LogP) is 4.85. The highest BCUT2D eigenvalue weighted by molar-refractivity contribution is 7.13. The second-order valence-corrected chi connectivity index (χ2v) is 8.76. The summed E-state index contributed by atoms with van der Waals surface area (Å²) in [4.78, 5) is 16.5. The second kappa shape index (κ2) is 8.11. The molecule has 0 aliphatic carbocycles. The van der Waals surface area contributed by atoms with Crippen LogP contribution >= 0.6 is 11.3 Å². The average Bonchev–Trinajstić information content (AvgIpc) is 3.34. The normalized spacial score (nSPS) is 14.6. The van der Waals surface area contributed by atoms with Crippen molar-refractivity contribution >= 4 is 23.0 Å². The number of nitriles is 1. The summed E-state index contributed by atoms with van der Waals surface area (Å²) in [6.07, 6.45) is -0.172. The number of aromatic nitrogens is 3. The number of aryl methyl sites for hydroxylation is 2. The van der Waals surface area contributed by atoms with Gasteiger partial charge in [0.1, 0.15) is 16.9 Å². The Morgan fingerprint density at radius 1 is 1.12 bits per heavy atom. The van der Waals surface area contributed by atoms with Gasteiger partial charge in [-0.3, -0.25) is 14.4 Å². The van der Waals surface area contributed by atoms with Crippen molar-refractivity contribution < 1.29 is 9.90 Å². The van der Waals surface area contributed by atoms with E-state index in [2.05, 4.69) is 21.6 Å². The summed E-state index contributed by atoms with van der Waals surface area (Å²) in [6, 6.07) is 17.0. The molecule has 5 rings (SSSR count). The van der Waals surface area contributed by atoms with Crippen LogP contribution in [0.2, 0.25) is 0 Å². The van der Waals surface area contributed by atoms with Crippen LogP contribution in [0.15, 0.2) is 58.9 Å². The number of carboxylic acid groups (broad SMARTS) is 1. The highest BCUT2D eigenvalue weighted by atomic mass is 32.1. The van der Waals surface area contributed by atoms with Crippen molar-refractivity contribution in [3.63, 3.8) is 0 Å². The number of benzene rings is 2. The molecular formula is C25H19N5O2S. The molecule has 33 heavy (non-hydrogen) atoms. The Morgan fingerprint density at radius 2 is 1.88 bits per heavy atom. The number of fused-ring (bicyclic) bond motifs is 3. The third-order valence-corrected chi connectivity index (χ3v) is 6.76. The van der Waals surface area contributed by atoms with Gasteiger partial charge in [-0.1, -0.05) is 36.4 Å². The molecule has 0 fully saturated rings. The van der Waals surface area contributed by atoms with E-state index in [1.165, 1.54) is 0 Å². The van der Waals surface area contributed by atoms with E-state index in [0.29, 0.717) is 17.2 Å². The molecule has 0 saturated heterocycles. The van der Waals surface area contributed by atoms with E-state index in [1.54, 1.807) is 17.4 Å².